The van der Waals surface area contributed by atoms with Crippen molar-refractivity contribution in [2.45, 2.75) is 26.0 Å². The van der Waals surface area contributed by atoms with Crippen LogP contribution < -0.4 is 14.8 Å². The minimum Gasteiger partial charge on any atom is -0.493 e. The van der Waals surface area contributed by atoms with Crippen molar-refractivity contribution in [3.63, 3.8) is 0 Å². The molecule has 0 amide bonds. The van der Waals surface area contributed by atoms with Gasteiger partial charge in [-0.25, -0.2) is 0 Å². The van der Waals surface area contributed by atoms with Gasteiger partial charge in [-0.3, -0.25) is 0 Å². The first kappa shape index (κ1) is 15.1. The van der Waals surface area contributed by atoms with Gasteiger partial charge in [0.1, 0.15) is 0 Å². The van der Waals surface area contributed by atoms with E-state index in [4.69, 9.17) is 21.1 Å². The Morgan fingerprint density at radius 3 is 2.28 bits per heavy atom. The van der Waals surface area contributed by atoms with E-state index in [1.165, 1.54) is 0 Å². The van der Waals surface area contributed by atoms with E-state index in [0.29, 0.717) is 34.7 Å². The molecule has 1 aromatic carbocycles. The van der Waals surface area contributed by atoms with Crippen LogP contribution in [-0.4, -0.2) is 31.9 Å². The lowest BCUT2D eigenvalue weighted by Crippen LogP contribution is -2.28. The maximum absolute atomic E-state index is 10.1. The number of benzene rings is 1. The van der Waals surface area contributed by atoms with Crippen LogP contribution in [0.1, 0.15) is 25.5 Å². The first-order chi connectivity index (χ1) is 8.49. The van der Waals surface area contributed by atoms with E-state index in [1.807, 2.05) is 13.8 Å². The molecule has 4 nitrogen and oxygen atoms in total. The van der Waals surface area contributed by atoms with Crippen LogP contribution in [-0.2, 0) is 0 Å². The molecule has 0 bridgehead atoms. The molecule has 0 saturated heterocycles. The summed E-state index contributed by atoms with van der Waals surface area (Å²) in [7, 11) is 3.10. The Balaban J connectivity index is 2.94. The lowest BCUT2D eigenvalue weighted by molar-refractivity contribution is 0.171. The van der Waals surface area contributed by atoms with Gasteiger partial charge in [0, 0.05) is 24.2 Å². The van der Waals surface area contributed by atoms with Crippen molar-refractivity contribution in [2.75, 3.05) is 20.8 Å². The van der Waals surface area contributed by atoms with Gasteiger partial charge in [0.15, 0.2) is 11.5 Å². The molecule has 0 fully saturated rings. The van der Waals surface area contributed by atoms with Gasteiger partial charge in [0.05, 0.1) is 25.3 Å². The molecule has 0 saturated carbocycles. The monoisotopic (exact) mass is 273 g/mol. The van der Waals surface area contributed by atoms with Crippen LogP contribution >= 0.6 is 11.6 Å². The summed E-state index contributed by atoms with van der Waals surface area (Å²) < 4.78 is 10.3. The molecule has 1 atom stereocenters. The predicted octanol–water partition coefficient (Wildman–Crippen LogP) is 2.39. The van der Waals surface area contributed by atoms with Crippen molar-refractivity contribution in [1.29, 1.82) is 0 Å². The maximum atomic E-state index is 10.1. The second-order valence-corrected chi connectivity index (χ2v) is 4.71. The molecule has 0 heterocycles. The summed E-state index contributed by atoms with van der Waals surface area (Å²) in [4.78, 5) is 0. The number of hydrogen-bond donors (Lipinski definition) is 2. The average molecular weight is 274 g/mol. The fourth-order valence-electron chi connectivity index (χ4n) is 1.58. The molecule has 0 aromatic heterocycles. The Bertz CT molecular complexity index is 396. The van der Waals surface area contributed by atoms with Gasteiger partial charge in [-0.15, -0.1) is 0 Å². The highest BCUT2D eigenvalue weighted by molar-refractivity contribution is 6.31. The molecular formula is C13H20ClNO3. The van der Waals surface area contributed by atoms with Crippen LogP contribution in [0.4, 0.5) is 0 Å². The molecule has 0 aliphatic rings. The molecule has 18 heavy (non-hydrogen) atoms. The van der Waals surface area contributed by atoms with Crippen molar-refractivity contribution in [2.24, 2.45) is 0 Å². The molecule has 0 aliphatic carbocycles. The third-order valence-corrected chi connectivity index (χ3v) is 2.91. The molecule has 1 rings (SSSR count). The van der Waals surface area contributed by atoms with E-state index in [9.17, 15) is 5.11 Å². The van der Waals surface area contributed by atoms with Crippen LogP contribution in [0.25, 0.3) is 0 Å². The van der Waals surface area contributed by atoms with E-state index in [0.717, 1.165) is 0 Å². The van der Waals surface area contributed by atoms with Gasteiger partial charge in [-0.2, -0.15) is 0 Å². The molecule has 102 valence electrons. The summed E-state index contributed by atoms with van der Waals surface area (Å²) >= 11 is 6.12. The zero-order chi connectivity index (χ0) is 13.7. The van der Waals surface area contributed by atoms with Crippen LogP contribution in [0, 0.1) is 0 Å². The Kier molecular flexibility index (Phi) is 5.72. The Morgan fingerprint density at radius 1 is 1.22 bits per heavy atom. The van der Waals surface area contributed by atoms with E-state index >= 15 is 0 Å². The largest absolute Gasteiger partial charge is 0.493 e. The summed E-state index contributed by atoms with van der Waals surface area (Å²) in [6.07, 6.45) is -0.681. The molecular weight excluding hydrogens is 254 g/mol. The number of nitrogens with one attached hydrogen (secondary N) is 1. The van der Waals surface area contributed by atoms with Gasteiger partial charge in [0.25, 0.3) is 0 Å². The van der Waals surface area contributed by atoms with Crippen LogP contribution in [0.15, 0.2) is 12.1 Å². The summed E-state index contributed by atoms with van der Waals surface area (Å²) in [5.41, 5.74) is 0.627. The van der Waals surface area contributed by atoms with Crippen molar-refractivity contribution in [1.82, 2.24) is 5.32 Å². The zero-order valence-electron chi connectivity index (χ0n) is 11.2. The SMILES string of the molecule is COc1cc(Cl)c([C@H](O)CNC(C)C)cc1OC. The van der Waals surface area contributed by atoms with Crippen molar-refractivity contribution < 1.29 is 14.6 Å². The Labute approximate surface area is 113 Å². The number of ether oxygens (including phenoxy) is 2. The standard InChI is InChI=1S/C13H20ClNO3/c1-8(2)15-7-11(16)9-5-12(17-3)13(18-4)6-10(9)14/h5-6,8,11,15-16H,7H2,1-4H3/t11-/m1/s1. The Hall–Kier alpha value is -0.970. The fraction of sp³-hybridized carbons (Fsp3) is 0.538. The summed E-state index contributed by atoms with van der Waals surface area (Å²) in [5, 5.41) is 13.7. The number of rotatable bonds is 6. The van der Waals surface area contributed by atoms with Gasteiger partial charge >= 0.3 is 0 Å². The lowest BCUT2D eigenvalue weighted by Gasteiger charge is -2.17. The molecule has 2 N–H and O–H groups in total. The first-order valence-electron chi connectivity index (χ1n) is 5.82. The molecule has 5 heteroatoms. The van der Waals surface area contributed by atoms with Gasteiger partial charge in [-0.1, -0.05) is 25.4 Å². The summed E-state index contributed by atoms with van der Waals surface area (Å²) in [5.74, 6) is 1.11. The van der Waals surface area contributed by atoms with E-state index in [-0.39, 0.29) is 0 Å². The first-order valence-corrected chi connectivity index (χ1v) is 6.20. The second kappa shape index (κ2) is 6.83. The molecule has 0 radical (unpaired) electrons. The maximum Gasteiger partial charge on any atom is 0.162 e. The smallest absolute Gasteiger partial charge is 0.162 e. The highest BCUT2D eigenvalue weighted by Crippen LogP contribution is 2.35. The molecule has 1 aromatic rings. The second-order valence-electron chi connectivity index (χ2n) is 4.31. The molecule has 0 unspecified atom stereocenters. The van der Waals surface area contributed by atoms with Gasteiger partial charge in [-0.05, 0) is 6.07 Å². The predicted molar refractivity (Wildman–Crippen MR) is 72.7 cm³/mol. The minimum absolute atomic E-state index is 0.304. The highest BCUT2D eigenvalue weighted by atomic mass is 35.5. The van der Waals surface area contributed by atoms with Crippen molar-refractivity contribution >= 4 is 11.6 Å². The minimum atomic E-state index is -0.681. The third kappa shape index (κ3) is 3.77. The zero-order valence-corrected chi connectivity index (χ0v) is 11.9. The number of hydrogen-bond acceptors (Lipinski definition) is 4. The molecule has 0 spiro atoms. The summed E-state index contributed by atoms with van der Waals surface area (Å²) in [6, 6.07) is 3.65. The highest BCUT2D eigenvalue weighted by Gasteiger charge is 2.16. The van der Waals surface area contributed by atoms with Crippen LogP contribution in [0.3, 0.4) is 0 Å². The number of aliphatic hydroxyl groups excluding tert-OH is 1. The quantitative estimate of drug-likeness (QED) is 0.836. The fourth-order valence-corrected chi connectivity index (χ4v) is 1.86. The van der Waals surface area contributed by atoms with E-state index in [1.54, 1.807) is 26.4 Å². The van der Waals surface area contributed by atoms with Crippen LogP contribution in [0.2, 0.25) is 5.02 Å². The number of methoxy groups -OCH3 is 2. The lowest BCUT2D eigenvalue weighted by atomic mass is 10.1. The Morgan fingerprint density at radius 2 is 1.78 bits per heavy atom. The number of halogens is 1. The van der Waals surface area contributed by atoms with Crippen LogP contribution in [0.5, 0.6) is 11.5 Å². The molecule has 0 aliphatic heterocycles. The van der Waals surface area contributed by atoms with Gasteiger partial charge in [0.2, 0.25) is 0 Å². The van der Waals surface area contributed by atoms with Crippen molar-refractivity contribution in [3.05, 3.63) is 22.7 Å². The average Bonchev–Trinajstić information content (AvgIpc) is 2.35. The van der Waals surface area contributed by atoms with E-state index in [2.05, 4.69) is 5.32 Å². The van der Waals surface area contributed by atoms with Gasteiger partial charge < -0.3 is 19.9 Å². The normalized spacial score (nSPS) is 12.6. The summed E-state index contributed by atoms with van der Waals surface area (Å²) in [6.45, 7) is 4.47. The topological polar surface area (TPSA) is 50.7 Å². The van der Waals surface area contributed by atoms with E-state index < -0.39 is 6.10 Å². The van der Waals surface area contributed by atoms with Crippen molar-refractivity contribution in [3.8, 4) is 11.5 Å². The number of aliphatic hydroxyl groups is 1. The third-order valence-electron chi connectivity index (χ3n) is 2.58.